The molecule has 9 heteroatoms. The number of nitrogens with one attached hydrogen (secondary N) is 1. The van der Waals surface area contributed by atoms with Gasteiger partial charge in [-0.1, -0.05) is 0 Å². The molecule has 1 atom stereocenters. The molecule has 0 saturated carbocycles. The minimum absolute atomic E-state index is 0.363. The monoisotopic (exact) mass is 447 g/mol. The summed E-state index contributed by atoms with van der Waals surface area (Å²) in [6, 6.07) is 13.4. The fourth-order valence-electron chi connectivity index (χ4n) is 3.04. The number of rotatable bonds is 7. The maximum atomic E-state index is 12.8. The van der Waals surface area contributed by atoms with E-state index in [-0.39, 0.29) is 11.5 Å². The first-order valence-corrected chi connectivity index (χ1v) is 10.9. The highest BCUT2D eigenvalue weighted by Crippen LogP contribution is 2.25. The molecule has 162 valence electrons. The van der Waals surface area contributed by atoms with Crippen LogP contribution in [0.15, 0.2) is 71.1 Å². The first-order valence-electron chi connectivity index (χ1n) is 10.0. The van der Waals surface area contributed by atoms with Crippen LogP contribution in [0, 0.1) is 0 Å². The number of amides is 1. The first kappa shape index (κ1) is 21.4. The zero-order chi connectivity index (χ0) is 22.5. The molecule has 0 radical (unpaired) electrons. The van der Waals surface area contributed by atoms with Crippen molar-refractivity contribution in [2.75, 3.05) is 11.9 Å². The molecular formula is C23H21N5O3S. The Hall–Kier alpha value is -3.85. The van der Waals surface area contributed by atoms with Gasteiger partial charge in [0.05, 0.1) is 18.0 Å². The van der Waals surface area contributed by atoms with Crippen molar-refractivity contribution in [1.29, 1.82) is 0 Å². The molecule has 1 N–H and O–H groups in total. The Labute approximate surface area is 188 Å². The lowest BCUT2D eigenvalue weighted by Gasteiger charge is -2.14. The van der Waals surface area contributed by atoms with Crippen molar-refractivity contribution in [2.45, 2.75) is 19.9 Å². The van der Waals surface area contributed by atoms with Crippen LogP contribution in [0.1, 0.15) is 19.9 Å². The largest absolute Gasteiger partial charge is 0.494 e. The minimum atomic E-state index is -0.823. The average Bonchev–Trinajstić information content (AvgIpc) is 3.29. The minimum Gasteiger partial charge on any atom is -0.494 e. The summed E-state index contributed by atoms with van der Waals surface area (Å²) in [6.45, 7) is 4.13. The van der Waals surface area contributed by atoms with Gasteiger partial charge in [0.1, 0.15) is 11.8 Å². The number of benzene rings is 1. The van der Waals surface area contributed by atoms with Gasteiger partial charge >= 0.3 is 0 Å². The summed E-state index contributed by atoms with van der Waals surface area (Å²) in [5, 5.41) is 9.46. The summed E-state index contributed by atoms with van der Waals surface area (Å²) in [4.78, 5) is 33.7. The van der Waals surface area contributed by atoms with E-state index in [2.05, 4.69) is 20.4 Å². The SMILES string of the molecule is CCOc1ccc(-c2ccc(=O)n(C(C)C(=O)Nc3nc(-c4cccnc4)cs3)n2)cc1. The van der Waals surface area contributed by atoms with Gasteiger partial charge in [-0.25, -0.2) is 9.67 Å². The molecular weight excluding hydrogens is 426 g/mol. The number of nitrogens with zero attached hydrogens (tertiary/aromatic N) is 4. The van der Waals surface area contributed by atoms with Gasteiger partial charge in [-0.2, -0.15) is 5.10 Å². The standard InChI is InChI=1S/C23H21N5O3S/c1-3-31-18-8-6-16(7-9-18)19-10-11-21(29)28(27-19)15(2)22(30)26-23-25-20(14-32-23)17-5-4-12-24-13-17/h4-15H,3H2,1-2H3,(H,25,26,30). The van der Waals surface area contributed by atoms with Gasteiger partial charge in [-0.15, -0.1) is 11.3 Å². The molecule has 32 heavy (non-hydrogen) atoms. The number of aromatic nitrogens is 4. The van der Waals surface area contributed by atoms with Crippen LogP contribution in [0.4, 0.5) is 5.13 Å². The number of carbonyl (C=O) groups is 1. The highest BCUT2D eigenvalue weighted by atomic mass is 32.1. The first-order chi connectivity index (χ1) is 15.5. The quantitative estimate of drug-likeness (QED) is 0.459. The molecule has 0 saturated heterocycles. The topological polar surface area (TPSA) is 99.0 Å². The number of thiazole rings is 1. The Morgan fingerprint density at radius 2 is 1.94 bits per heavy atom. The van der Waals surface area contributed by atoms with Crippen LogP contribution < -0.4 is 15.6 Å². The normalized spacial score (nSPS) is 11.7. The number of carbonyl (C=O) groups excluding carboxylic acids is 1. The summed E-state index contributed by atoms with van der Waals surface area (Å²) >= 11 is 1.30. The Balaban J connectivity index is 1.52. The van der Waals surface area contributed by atoms with Gasteiger partial charge < -0.3 is 10.1 Å². The number of pyridine rings is 1. The van der Waals surface area contributed by atoms with Crippen molar-refractivity contribution >= 4 is 22.4 Å². The van der Waals surface area contributed by atoms with Crippen LogP contribution >= 0.6 is 11.3 Å². The van der Waals surface area contributed by atoms with Gasteiger partial charge in [0.2, 0.25) is 0 Å². The molecule has 1 unspecified atom stereocenters. The number of anilines is 1. The molecule has 4 rings (SSSR count). The highest BCUT2D eigenvalue weighted by molar-refractivity contribution is 7.14. The van der Waals surface area contributed by atoms with Crippen molar-refractivity contribution in [3.63, 3.8) is 0 Å². The molecule has 0 aliphatic rings. The fourth-order valence-corrected chi connectivity index (χ4v) is 3.77. The molecule has 8 nitrogen and oxygen atoms in total. The second-order valence-corrected chi connectivity index (χ2v) is 7.76. The highest BCUT2D eigenvalue weighted by Gasteiger charge is 2.19. The maximum absolute atomic E-state index is 12.8. The molecule has 0 aliphatic heterocycles. The van der Waals surface area contributed by atoms with Crippen molar-refractivity contribution in [2.24, 2.45) is 0 Å². The Morgan fingerprint density at radius 1 is 1.12 bits per heavy atom. The van der Waals surface area contributed by atoms with Crippen molar-refractivity contribution < 1.29 is 9.53 Å². The van der Waals surface area contributed by atoms with Crippen LogP contribution in [-0.2, 0) is 4.79 Å². The second-order valence-electron chi connectivity index (χ2n) is 6.90. The van der Waals surface area contributed by atoms with Crippen molar-refractivity contribution in [3.05, 3.63) is 76.7 Å². The summed E-state index contributed by atoms with van der Waals surface area (Å²) < 4.78 is 6.64. The predicted octanol–water partition coefficient (Wildman–Crippen LogP) is 4.03. The molecule has 3 heterocycles. The third-order valence-corrected chi connectivity index (χ3v) is 5.48. The van der Waals surface area contributed by atoms with E-state index in [0.29, 0.717) is 17.4 Å². The van der Waals surface area contributed by atoms with E-state index in [1.165, 1.54) is 22.1 Å². The smallest absolute Gasteiger partial charge is 0.267 e. The molecule has 3 aromatic heterocycles. The van der Waals surface area contributed by atoms with E-state index < -0.39 is 6.04 Å². The molecule has 0 fully saturated rings. The van der Waals surface area contributed by atoms with E-state index in [1.807, 2.05) is 48.7 Å². The lowest BCUT2D eigenvalue weighted by Crippen LogP contribution is -2.33. The summed E-state index contributed by atoms with van der Waals surface area (Å²) in [6.07, 6.45) is 3.39. The van der Waals surface area contributed by atoms with E-state index >= 15 is 0 Å². The molecule has 4 aromatic rings. The molecule has 0 aliphatic carbocycles. The molecule has 0 spiro atoms. The van der Waals surface area contributed by atoms with Crippen LogP contribution in [0.3, 0.4) is 0 Å². The van der Waals surface area contributed by atoms with Crippen LogP contribution in [-0.4, -0.2) is 32.3 Å². The van der Waals surface area contributed by atoms with Gasteiger partial charge in [0, 0.05) is 35.0 Å². The third kappa shape index (κ3) is 4.73. The van der Waals surface area contributed by atoms with Crippen LogP contribution in [0.2, 0.25) is 0 Å². The van der Waals surface area contributed by atoms with E-state index in [1.54, 1.807) is 25.4 Å². The zero-order valence-electron chi connectivity index (χ0n) is 17.6. The third-order valence-electron chi connectivity index (χ3n) is 4.72. The second kappa shape index (κ2) is 9.52. The van der Waals surface area contributed by atoms with E-state index in [0.717, 1.165) is 22.6 Å². The Kier molecular flexibility index (Phi) is 6.37. The van der Waals surface area contributed by atoms with Gasteiger partial charge in [-0.05, 0) is 56.3 Å². The summed E-state index contributed by atoms with van der Waals surface area (Å²) in [7, 11) is 0. The maximum Gasteiger partial charge on any atom is 0.267 e. The van der Waals surface area contributed by atoms with Gasteiger partial charge in [0.15, 0.2) is 5.13 Å². The van der Waals surface area contributed by atoms with Crippen molar-refractivity contribution in [3.8, 4) is 28.3 Å². The van der Waals surface area contributed by atoms with Crippen molar-refractivity contribution in [1.82, 2.24) is 19.7 Å². The Bertz CT molecular complexity index is 1270. The Morgan fingerprint density at radius 3 is 2.66 bits per heavy atom. The van der Waals surface area contributed by atoms with Gasteiger partial charge in [-0.3, -0.25) is 14.6 Å². The number of hydrogen-bond donors (Lipinski definition) is 1. The number of hydrogen-bond acceptors (Lipinski definition) is 7. The summed E-state index contributed by atoms with van der Waals surface area (Å²) in [5.41, 5.74) is 2.62. The molecule has 0 bridgehead atoms. The van der Waals surface area contributed by atoms with E-state index in [9.17, 15) is 9.59 Å². The van der Waals surface area contributed by atoms with Crippen LogP contribution in [0.25, 0.3) is 22.5 Å². The van der Waals surface area contributed by atoms with E-state index in [4.69, 9.17) is 4.74 Å². The van der Waals surface area contributed by atoms with Crippen LogP contribution in [0.5, 0.6) is 5.75 Å². The zero-order valence-corrected chi connectivity index (χ0v) is 18.4. The predicted molar refractivity (Wildman–Crippen MR) is 124 cm³/mol. The van der Waals surface area contributed by atoms with Gasteiger partial charge in [0.25, 0.3) is 11.5 Å². The molecule has 1 amide bonds. The molecule has 1 aromatic carbocycles. The fraction of sp³-hybridized carbons (Fsp3) is 0.174. The summed E-state index contributed by atoms with van der Waals surface area (Å²) in [5.74, 6) is 0.377. The number of ether oxygens (including phenoxy) is 1. The average molecular weight is 448 g/mol. The lowest BCUT2D eigenvalue weighted by molar-refractivity contribution is -0.119. The lowest BCUT2D eigenvalue weighted by atomic mass is 10.1.